The molecular weight excluding hydrogens is 286 g/mol. The molecule has 106 valence electrons. The number of carboxylic acids is 1. The van der Waals surface area contributed by atoms with Crippen molar-refractivity contribution in [2.45, 2.75) is 24.3 Å². The molecule has 0 heterocycles. The molecule has 0 aliphatic carbocycles. The molecule has 1 aromatic rings. The molecule has 1 aromatic carbocycles. The van der Waals surface area contributed by atoms with Crippen LogP contribution in [-0.2, 0) is 14.8 Å². The normalized spacial score (nSPS) is 13.2. The number of sulfonamides is 1. The fourth-order valence-corrected chi connectivity index (χ4v) is 3.14. The second kappa shape index (κ2) is 6.93. The Morgan fingerprint density at radius 3 is 2.42 bits per heavy atom. The molecule has 1 atom stereocenters. The fraction of sp³-hybridized carbons (Fsp3) is 0.417. The van der Waals surface area contributed by atoms with Gasteiger partial charge in [0.05, 0.1) is 4.90 Å². The van der Waals surface area contributed by atoms with Crippen LogP contribution in [0.2, 0.25) is 0 Å². The predicted molar refractivity (Wildman–Crippen MR) is 75.9 cm³/mol. The highest BCUT2D eigenvalue weighted by molar-refractivity contribution is 7.98. The molecule has 0 amide bonds. The molecule has 7 heteroatoms. The number of carboxylic acid groups (broad SMARTS) is 1. The molecule has 5 nitrogen and oxygen atoms in total. The second-order valence-electron chi connectivity index (χ2n) is 4.11. The zero-order chi connectivity index (χ0) is 14.5. The molecule has 0 aliphatic heterocycles. The topological polar surface area (TPSA) is 83.5 Å². The van der Waals surface area contributed by atoms with Gasteiger partial charge in [0.1, 0.15) is 6.04 Å². The summed E-state index contributed by atoms with van der Waals surface area (Å²) in [5.74, 6) is -0.586. The highest BCUT2D eigenvalue weighted by atomic mass is 32.2. The average molecular weight is 303 g/mol. The van der Waals surface area contributed by atoms with E-state index in [2.05, 4.69) is 4.72 Å². The van der Waals surface area contributed by atoms with E-state index in [0.717, 1.165) is 5.56 Å². The molecule has 0 spiro atoms. The van der Waals surface area contributed by atoms with Gasteiger partial charge in [0, 0.05) is 0 Å². The Kier molecular flexibility index (Phi) is 5.84. The van der Waals surface area contributed by atoms with E-state index in [1.54, 1.807) is 12.1 Å². The van der Waals surface area contributed by atoms with Crippen LogP contribution < -0.4 is 4.72 Å². The van der Waals surface area contributed by atoms with Crippen LogP contribution in [0.4, 0.5) is 0 Å². The van der Waals surface area contributed by atoms with Gasteiger partial charge in [-0.1, -0.05) is 17.7 Å². The summed E-state index contributed by atoms with van der Waals surface area (Å²) in [5, 5.41) is 9.02. The predicted octanol–water partition coefficient (Wildman–Crippen LogP) is 1.48. The fourth-order valence-electron chi connectivity index (χ4n) is 1.44. The van der Waals surface area contributed by atoms with Gasteiger partial charge in [-0.2, -0.15) is 16.5 Å². The summed E-state index contributed by atoms with van der Waals surface area (Å²) in [4.78, 5) is 11.1. The van der Waals surface area contributed by atoms with Gasteiger partial charge in [-0.25, -0.2) is 8.42 Å². The van der Waals surface area contributed by atoms with E-state index in [9.17, 15) is 13.2 Å². The van der Waals surface area contributed by atoms with Gasteiger partial charge in [0.2, 0.25) is 10.0 Å². The van der Waals surface area contributed by atoms with Crippen molar-refractivity contribution < 1.29 is 18.3 Å². The minimum Gasteiger partial charge on any atom is -0.480 e. The van der Waals surface area contributed by atoms with E-state index >= 15 is 0 Å². The zero-order valence-electron chi connectivity index (χ0n) is 10.8. The van der Waals surface area contributed by atoms with Crippen LogP contribution in [0.15, 0.2) is 29.2 Å². The quantitative estimate of drug-likeness (QED) is 0.797. The second-order valence-corrected chi connectivity index (χ2v) is 6.81. The van der Waals surface area contributed by atoms with Gasteiger partial charge in [0.15, 0.2) is 0 Å². The molecule has 0 saturated heterocycles. The summed E-state index contributed by atoms with van der Waals surface area (Å²) in [6.45, 7) is 1.85. The van der Waals surface area contributed by atoms with Crippen LogP contribution in [0.5, 0.6) is 0 Å². The lowest BCUT2D eigenvalue weighted by molar-refractivity contribution is -0.139. The van der Waals surface area contributed by atoms with Gasteiger partial charge in [-0.15, -0.1) is 0 Å². The number of hydrogen-bond acceptors (Lipinski definition) is 4. The first-order chi connectivity index (χ1) is 8.86. The van der Waals surface area contributed by atoms with Crippen LogP contribution >= 0.6 is 11.8 Å². The molecule has 0 fully saturated rings. The van der Waals surface area contributed by atoms with Crippen LogP contribution in [-0.4, -0.2) is 37.5 Å². The van der Waals surface area contributed by atoms with Gasteiger partial charge in [0.25, 0.3) is 0 Å². The van der Waals surface area contributed by atoms with E-state index in [-0.39, 0.29) is 11.3 Å². The summed E-state index contributed by atoms with van der Waals surface area (Å²) in [6.07, 6.45) is 2.09. The van der Waals surface area contributed by atoms with Crippen molar-refractivity contribution in [2.75, 3.05) is 12.0 Å². The molecule has 1 unspecified atom stereocenters. The van der Waals surface area contributed by atoms with E-state index < -0.39 is 22.0 Å². The maximum atomic E-state index is 12.0. The molecule has 2 N–H and O–H groups in total. The summed E-state index contributed by atoms with van der Waals surface area (Å²) >= 11 is 1.47. The summed E-state index contributed by atoms with van der Waals surface area (Å²) in [7, 11) is -3.79. The van der Waals surface area contributed by atoms with Crippen molar-refractivity contribution in [3.05, 3.63) is 29.8 Å². The molecule has 0 radical (unpaired) electrons. The van der Waals surface area contributed by atoms with E-state index in [1.165, 1.54) is 23.9 Å². The van der Waals surface area contributed by atoms with Crippen LogP contribution in [0.25, 0.3) is 0 Å². The molecule has 0 aliphatic rings. The van der Waals surface area contributed by atoms with Crippen LogP contribution in [0.3, 0.4) is 0 Å². The number of aryl methyl sites for hydroxylation is 1. The van der Waals surface area contributed by atoms with Crippen LogP contribution in [0, 0.1) is 6.92 Å². The van der Waals surface area contributed by atoms with Crippen LogP contribution in [0.1, 0.15) is 12.0 Å². The third kappa shape index (κ3) is 4.85. The van der Waals surface area contributed by atoms with Gasteiger partial charge in [-0.3, -0.25) is 4.79 Å². The monoisotopic (exact) mass is 303 g/mol. The van der Waals surface area contributed by atoms with Crippen molar-refractivity contribution in [1.29, 1.82) is 0 Å². The third-order valence-corrected chi connectivity index (χ3v) is 4.67. The molecule has 19 heavy (non-hydrogen) atoms. The molecule has 1 rings (SSSR count). The van der Waals surface area contributed by atoms with Gasteiger partial charge >= 0.3 is 5.97 Å². The molecule has 0 aromatic heterocycles. The minimum absolute atomic E-state index is 0.0773. The largest absolute Gasteiger partial charge is 0.480 e. The Labute approximate surface area is 117 Å². The highest BCUT2D eigenvalue weighted by Crippen LogP contribution is 2.12. The van der Waals surface area contributed by atoms with E-state index in [4.69, 9.17) is 5.11 Å². The lowest BCUT2D eigenvalue weighted by Gasteiger charge is -2.14. The summed E-state index contributed by atoms with van der Waals surface area (Å²) < 4.78 is 26.3. The smallest absolute Gasteiger partial charge is 0.321 e. The standard InChI is InChI=1S/C12H17NO4S2/c1-9-3-5-10(6-4-9)19(16,17)13-11(12(14)15)7-8-18-2/h3-6,11,13H,7-8H2,1-2H3,(H,14,15). The van der Waals surface area contributed by atoms with E-state index in [1.807, 2.05) is 13.2 Å². The van der Waals surface area contributed by atoms with Crippen molar-refractivity contribution in [3.8, 4) is 0 Å². The number of carbonyl (C=O) groups is 1. The first kappa shape index (κ1) is 16.0. The highest BCUT2D eigenvalue weighted by Gasteiger charge is 2.24. The number of nitrogens with one attached hydrogen (secondary N) is 1. The number of benzene rings is 1. The van der Waals surface area contributed by atoms with Crippen molar-refractivity contribution in [2.24, 2.45) is 0 Å². The summed E-state index contributed by atoms with van der Waals surface area (Å²) in [6, 6.07) is 5.17. The lowest BCUT2D eigenvalue weighted by Crippen LogP contribution is -2.41. The van der Waals surface area contributed by atoms with Gasteiger partial charge in [-0.05, 0) is 37.5 Å². The number of hydrogen-bond donors (Lipinski definition) is 2. The number of thioether (sulfide) groups is 1. The maximum absolute atomic E-state index is 12.0. The Morgan fingerprint density at radius 1 is 1.37 bits per heavy atom. The average Bonchev–Trinajstić information content (AvgIpc) is 2.34. The van der Waals surface area contributed by atoms with Gasteiger partial charge < -0.3 is 5.11 Å². The number of aliphatic carboxylic acids is 1. The number of rotatable bonds is 7. The van der Waals surface area contributed by atoms with Crippen molar-refractivity contribution in [1.82, 2.24) is 4.72 Å². The molecular formula is C12H17NO4S2. The Balaban J connectivity index is 2.87. The Morgan fingerprint density at radius 2 is 1.95 bits per heavy atom. The first-order valence-electron chi connectivity index (χ1n) is 5.67. The Bertz CT molecular complexity index is 525. The zero-order valence-corrected chi connectivity index (χ0v) is 12.4. The molecule has 0 saturated carbocycles. The Hall–Kier alpha value is -1.05. The SMILES string of the molecule is CSCCC(NS(=O)(=O)c1ccc(C)cc1)C(=O)O. The third-order valence-electron chi connectivity index (χ3n) is 2.54. The van der Waals surface area contributed by atoms with Crippen molar-refractivity contribution >= 4 is 27.8 Å². The minimum atomic E-state index is -3.79. The van der Waals surface area contributed by atoms with E-state index in [0.29, 0.717) is 5.75 Å². The molecule has 0 bridgehead atoms. The lowest BCUT2D eigenvalue weighted by atomic mass is 10.2. The first-order valence-corrected chi connectivity index (χ1v) is 8.55. The summed E-state index contributed by atoms with van der Waals surface area (Å²) in [5.41, 5.74) is 0.941. The van der Waals surface area contributed by atoms with Crippen molar-refractivity contribution in [3.63, 3.8) is 0 Å². The maximum Gasteiger partial charge on any atom is 0.321 e.